The van der Waals surface area contributed by atoms with Gasteiger partial charge in [-0.15, -0.1) is 0 Å². The first-order valence-corrected chi connectivity index (χ1v) is 9.55. The van der Waals surface area contributed by atoms with Crippen molar-refractivity contribution >= 4 is 40.4 Å². The number of imide groups is 1. The summed E-state index contributed by atoms with van der Waals surface area (Å²) in [6.45, 7) is 0. The first-order chi connectivity index (χ1) is 14.5. The summed E-state index contributed by atoms with van der Waals surface area (Å²) in [5, 5.41) is 10.6. The van der Waals surface area contributed by atoms with E-state index < -0.39 is 10.8 Å². The predicted molar refractivity (Wildman–Crippen MR) is 112 cm³/mol. The number of ether oxygens (including phenoxy) is 1. The summed E-state index contributed by atoms with van der Waals surface area (Å²) in [7, 11) is 1.41. The Hall–Kier alpha value is -3.85. The predicted octanol–water partition coefficient (Wildman–Crippen LogP) is 5.10. The monoisotopic (exact) mass is 422 g/mol. The number of methoxy groups -OCH3 is 1. The maximum absolute atomic E-state index is 12.7. The minimum atomic E-state index is -0.511. The van der Waals surface area contributed by atoms with Crippen LogP contribution in [0.2, 0.25) is 0 Å². The lowest BCUT2D eigenvalue weighted by Crippen LogP contribution is -2.27. The number of hydrogen-bond donors (Lipinski definition) is 0. The number of carbonyl (C=O) groups excluding carboxylic acids is 2. The number of para-hydroxylation sites is 1. The molecular weight excluding hydrogens is 408 g/mol. The van der Waals surface area contributed by atoms with Crippen LogP contribution in [-0.4, -0.2) is 23.2 Å². The first kappa shape index (κ1) is 19.5. The van der Waals surface area contributed by atoms with E-state index in [9.17, 15) is 19.7 Å². The number of carbonyl (C=O) groups is 2. The van der Waals surface area contributed by atoms with E-state index in [-0.39, 0.29) is 21.6 Å². The van der Waals surface area contributed by atoms with Crippen LogP contribution in [0.5, 0.6) is 5.75 Å². The second kappa shape index (κ2) is 7.88. The van der Waals surface area contributed by atoms with Crippen LogP contribution in [-0.2, 0) is 4.79 Å². The number of thioether (sulfide) groups is 1. The number of rotatable bonds is 5. The van der Waals surface area contributed by atoms with Gasteiger partial charge in [0.15, 0.2) is 0 Å². The summed E-state index contributed by atoms with van der Waals surface area (Å²) in [5.41, 5.74) is 0.927. The molecule has 4 rings (SSSR count). The van der Waals surface area contributed by atoms with Gasteiger partial charge in [-0.25, -0.2) is 4.90 Å². The lowest BCUT2D eigenvalue weighted by Gasteiger charge is -2.11. The van der Waals surface area contributed by atoms with Gasteiger partial charge in [-0.3, -0.25) is 19.7 Å². The molecule has 9 heteroatoms. The Balaban J connectivity index is 1.62. The van der Waals surface area contributed by atoms with Gasteiger partial charge in [-0.05, 0) is 42.1 Å². The van der Waals surface area contributed by atoms with Crippen molar-refractivity contribution in [1.29, 1.82) is 0 Å². The molecule has 2 amide bonds. The van der Waals surface area contributed by atoms with Crippen molar-refractivity contribution in [3.8, 4) is 17.1 Å². The zero-order valence-electron chi connectivity index (χ0n) is 15.6. The van der Waals surface area contributed by atoms with Gasteiger partial charge in [-0.1, -0.05) is 18.2 Å². The zero-order valence-corrected chi connectivity index (χ0v) is 16.4. The Labute approximate surface area is 174 Å². The standard InChI is InChI=1S/C21H14N2O6S/c1-28-18-11-14(23(26)27)7-9-16(18)17-10-8-15(29-17)12-19-20(24)22(21(25)30-19)13-5-3-2-4-6-13/h2-12H,1H3/b19-12-. The normalized spacial score (nSPS) is 15.1. The zero-order chi connectivity index (χ0) is 21.3. The summed E-state index contributed by atoms with van der Waals surface area (Å²) >= 11 is 0.828. The highest BCUT2D eigenvalue weighted by atomic mass is 32.2. The van der Waals surface area contributed by atoms with Crippen LogP contribution in [0, 0.1) is 10.1 Å². The number of hydrogen-bond acceptors (Lipinski definition) is 7. The molecule has 0 bridgehead atoms. The number of benzene rings is 2. The highest BCUT2D eigenvalue weighted by molar-refractivity contribution is 8.19. The number of anilines is 1. The Kier molecular flexibility index (Phi) is 5.11. The molecule has 150 valence electrons. The van der Waals surface area contributed by atoms with E-state index in [1.165, 1.54) is 31.4 Å². The van der Waals surface area contributed by atoms with Crippen LogP contribution < -0.4 is 9.64 Å². The van der Waals surface area contributed by atoms with Crippen molar-refractivity contribution < 1.29 is 23.7 Å². The molecular formula is C21H14N2O6S. The van der Waals surface area contributed by atoms with Gasteiger partial charge in [0, 0.05) is 12.1 Å². The van der Waals surface area contributed by atoms with E-state index in [1.54, 1.807) is 42.5 Å². The van der Waals surface area contributed by atoms with Crippen molar-refractivity contribution in [3.05, 3.63) is 81.4 Å². The van der Waals surface area contributed by atoms with Gasteiger partial charge in [0.25, 0.3) is 16.8 Å². The van der Waals surface area contributed by atoms with E-state index in [4.69, 9.17) is 9.15 Å². The maximum atomic E-state index is 12.7. The van der Waals surface area contributed by atoms with E-state index in [0.29, 0.717) is 22.8 Å². The molecule has 0 unspecified atom stereocenters. The highest BCUT2D eigenvalue weighted by Gasteiger charge is 2.36. The van der Waals surface area contributed by atoms with Crippen LogP contribution in [0.3, 0.4) is 0 Å². The van der Waals surface area contributed by atoms with E-state index in [0.717, 1.165) is 16.7 Å². The van der Waals surface area contributed by atoms with Gasteiger partial charge in [-0.2, -0.15) is 0 Å². The van der Waals surface area contributed by atoms with Gasteiger partial charge in [0.1, 0.15) is 17.3 Å². The molecule has 0 radical (unpaired) electrons. The molecule has 2 heterocycles. The van der Waals surface area contributed by atoms with Crippen LogP contribution >= 0.6 is 11.8 Å². The molecule has 1 aliphatic rings. The third kappa shape index (κ3) is 3.58. The quantitative estimate of drug-likeness (QED) is 0.320. The summed E-state index contributed by atoms with van der Waals surface area (Å²) in [6, 6.07) is 16.2. The van der Waals surface area contributed by atoms with Gasteiger partial charge in [0.05, 0.1) is 34.3 Å². The molecule has 30 heavy (non-hydrogen) atoms. The number of nitrogens with zero attached hydrogens (tertiary/aromatic N) is 2. The number of nitro groups is 1. The fourth-order valence-electron chi connectivity index (χ4n) is 2.97. The Bertz CT molecular complexity index is 1190. The lowest BCUT2D eigenvalue weighted by molar-refractivity contribution is -0.384. The molecule has 1 aromatic heterocycles. The summed E-state index contributed by atoms with van der Waals surface area (Å²) in [5.74, 6) is 0.635. The number of furan rings is 1. The van der Waals surface area contributed by atoms with Crippen LogP contribution in [0.15, 0.2) is 70.0 Å². The molecule has 1 fully saturated rings. The second-order valence-electron chi connectivity index (χ2n) is 6.20. The molecule has 0 saturated carbocycles. The molecule has 1 saturated heterocycles. The second-order valence-corrected chi connectivity index (χ2v) is 7.19. The third-order valence-corrected chi connectivity index (χ3v) is 5.24. The maximum Gasteiger partial charge on any atom is 0.298 e. The van der Waals surface area contributed by atoms with Crippen LogP contribution in [0.1, 0.15) is 5.76 Å². The van der Waals surface area contributed by atoms with Crippen molar-refractivity contribution in [3.63, 3.8) is 0 Å². The minimum Gasteiger partial charge on any atom is -0.496 e. The summed E-state index contributed by atoms with van der Waals surface area (Å²) in [4.78, 5) is 36.8. The van der Waals surface area contributed by atoms with Crippen molar-refractivity contribution in [2.45, 2.75) is 0 Å². The third-order valence-electron chi connectivity index (χ3n) is 4.37. The van der Waals surface area contributed by atoms with Crippen LogP contribution in [0.25, 0.3) is 17.4 Å². The summed E-state index contributed by atoms with van der Waals surface area (Å²) < 4.78 is 11.0. The van der Waals surface area contributed by atoms with Crippen molar-refractivity contribution in [2.24, 2.45) is 0 Å². The average Bonchev–Trinajstić information content (AvgIpc) is 3.32. The van der Waals surface area contributed by atoms with Gasteiger partial charge < -0.3 is 9.15 Å². The fraction of sp³-hybridized carbons (Fsp3) is 0.0476. The smallest absolute Gasteiger partial charge is 0.298 e. The average molecular weight is 422 g/mol. The first-order valence-electron chi connectivity index (χ1n) is 8.73. The number of amides is 2. The Morgan fingerprint density at radius 1 is 1.10 bits per heavy atom. The Morgan fingerprint density at radius 2 is 1.87 bits per heavy atom. The highest BCUT2D eigenvalue weighted by Crippen LogP contribution is 2.38. The topological polar surface area (TPSA) is 103 Å². The van der Waals surface area contributed by atoms with E-state index >= 15 is 0 Å². The molecule has 3 aromatic rings. The molecule has 0 spiro atoms. The molecule has 1 aliphatic heterocycles. The summed E-state index contributed by atoms with van der Waals surface area (Å²) in [6.07, 6.45) is 1.50. The van der Waals surface area contributed by atoms with Crippen molar-refractivity contribution in [1.82, 2.24) is 0 Å². The van der Waals surface area contributed by atoms with Gasteiger partial charge in [0.2, 0.25) is 0 Å². The Morgan fingerprint density at radius 3 is 2.57 bits per heavy atom. The van der Waals surface area contributed by atoms with E-state index in [1.807, 2.05) is 0 Å². The van der Waals surface area contributed by atoms with Gasteiger partial charge >= 0.3 is 0 Å². The molecule has 0 aliphatic carbocycles. The fourth-order valence-corrected chi connectivity index (χ4v) is 3.79. The molecule has 8 nitrogen and oxygen atoms in total. The molecule has 0 atom stereocenters. The lowest BCUT2D eigenvalue weighted by atomic mass is 10.1. The SMILES string of the molecule is COc1cc([N+](=O)[O-])ccc1-c1ccc(/C=C2\SC(=O)N(c3ccccc3)C2=O)o1. The number of nitro benzene ring substituents is 1. The number of non-ortho nitro benzene ring substituents is 1. The molecule has 0 N–H and O–H groups in total. The van der Waals surface area contributed by atoms with E-state index in [2.05, 4.69) is 0 Å². The van der Waals surface area contributed by atoms with Crippen LogP contribution in [0.4, 0.5) is 16.2 Å². The minimum absolute atomic E-state index is 0.100. The van der Waals surface area contributed by atoms with Crippen molar-refractivity contribution in [2.75, 3.05) is 12.0 Å². The largest absolute Gasteiger partial charge is 0.496 e. The molecule has 2 aromatic carbocycles.